The predicted octanol–water partition coefficient (Wildman–Crippen LogP) is 1.37. The molecule has 0 aromatic carbocycles. The van der Waals surface area contributed by atoms with E-state index in [2.05, 4.69) is 5.43 Å². The Morgan fingerprint density at radius 1 is 1.41 bits per heavy atom. The third-order valence-corrected chi connectivity index (χ3v) is 2.73. The molecule has 0 radical (unpaired) electrons. The Bertz CT molecular complexity index is 324. The Morgan fingerprint density at radius 3 is 2.47 bits per heavy atom. The summed E-state index contributed by atoms with van der Waals surface area (Å²) in [6.07, 6.45) is 0.628. The zero-order chi connectivity index (χ0) is 13.3. The van der Waals surface area contributed by atoms with Crippen LogP contribution in [0.5, 0.6) is 0 Å². The van der Waals surface area contributed by atoms with E-state index in [1.165, 1.54) is 5.01 Å². The normalized spacial score (nSPS) is 25.6. The van der Waals surface area contributed by atoms with Gasteiger partial charge in [-0.3, -0.25) is 10.2 Å². The highest BCUT2D eigenvalue weighted by Crippen LogP contribution is 2.27. The fourth-order valence-electron chi connectivity index (χ4n) is 1.78. The van der Waals surface area contributed by atoms with Crippen LogP contribution >= 0.6 is 0 Å². The predicted molar refractivity (Wildman–Crippen MR) is 61.4 cm³/mol. The number of carboxylic acid groups (broad SMARTS) is 1. The minimum Gasteiger partial charge on any atom is -0.480 e. The fourth-order valence-corrected chi connectivity index (χ4v) is 1.78. The maximum atomic E-state index is 11.6. The van der Waals surface area contributed by atoms with Crippen LogP contribution in [-0.2, 0) is 9.53 Å². The Balaban J connectivity index is 2.63. The van der Waals surface area contributed by atoms with Gasteiger partial charge in [0.1, 0.15) is 11.1 Å². The van der Waals surface area contributed by atoms with E-state index in [9.17, 15) is 9.59 Å². The average Bonchev–Trinajstić information content (AvgIpc) is 2.45. The maximum Gasteiger partial charge on any atom is 0.422 e. The first-order valence-electron chi connectivity index (χ1n) is 5.66. The number of amides is 1. The van der Waals surface area contributed by atoms with Gasteiger partial charge in [-0.1, -0.05) is 0 Å². The first-order chi connectivity index (χ1) is 7.65. The van der Waals surface area contributed by atoms with Crippen molar-refractivity contribution in [2.45, 2.75) is 51.7 Å². The molecular weight excluding hydrogens is 224 g/mol. The molecule has 6 nitrogen and oxygen atoms in total. The van der Waals surface area contributed by atoms with Crippen molar-refractivity contribution in [2.24, 2.45) is 0 Å². The first-order valence-corrected chi connectivity index (χ1v) is 5.66. The third kappa shape index (κ3) is 3.33. The summed E-state index contributed by atoms with van der Waals surface area (Å²) in [5.41, 5.74) is 0.860. The number of hydrogen-bond acceptors (Lipinski definition) is 4. The molecule has 0 spiro atoms. The summed E-state index contributed by atoms with van der Waals surface area (Å²) in [6, 6.07) is 0. The zero-order valence-corrected chi connectivity index (χ0v) is 10.7. The second kappa shape index (κ2) is 4.52. The zero-order valence-electron chi connectivity index (χ0n) is 10.7. The molecule has 1 rings (SSSR count). The molecule has 0 aromatic rings. The number of aliphatic carboxylic acids is 1. The van der Waals surface area contributed by atoms with Crippen molar-refractivity contribution in [1.29, 1.82) is 0 Å². The van der Waals surface area contributed by atoms with Crippen LogP contribution in [-0.4, -0.2) is 39.9 Å². The number of carboxylic acids is 1. The number of hydrazine groups is 1. The summed E-state index contributed by atoms with van der Waals surface area (Å²) in [5.74, 6) is -0.939. The van der Waals surface area contributed by atoms with E-state index >= 15 is 0 Å². The van der Waals surface area contributed by atoms with Gasteiger partial charge in [-0.05, 0) is 40.5 Å². The Labute approximate surface area is 101 Å². The highest BCUT2D eigenvalue weighted by Gasteiger charge is 2.44. The molecule has 0 aromatic heterocycles. The number of nitrogens with one attached hydrogen (secondary N) is 1. The van der Waals surface area contributed by atoms with Crippen LogP contribution in [0.25, 0.3) is 0 Å². The molecule has 0 unspecified atom stereocenters. The van der Waals surface area contributed by atoms with Gasteiger partial charge in [0, 0.05) is 6.54 Å². The molecule has 1 aliphatic heterocycles. The number of carbonyl (C=O) groups excluding carboxylic acids is 1. The van der Waals surface area contributed by atoms with Crippen LogP contribution in [0.1, 0.15) is 40.5 Å². The van der Waals surface area contributed by atoms with Crippen molar-refractivity contribution in [1.82, 2.24) is 10.4 Å². The molecule has 1 heterocycles. The molecule has 6 heteroatoms. The van der Waals surface area contributed by atoms with Crippen LogP contribution in [0.4, 0.5) is 4.79 Å². The lowest BCUT2D eigenvalue weighted by molar-refractivity contribution is -0.150. The molecule has 1 amide bonds. The van der Waals surface area contributed by atoms with Crippen molar-refractivity contribution in [3.8, 4) is 0 Å². The molecular formula is C11H20N2O4. The van der Waals surface area contributed by atoms with E-state index < -0.39 is 23.2 Å². The standard InChI is InChI=1S/C11H20N2O4/c1-10(2,3)17-9(16)12-13-7-5-6-11(13,4)8(14)15/h5-7H2,1-4H3,(H,12,16)(H,14,15)/t11-/m1/s1. The monoisotopic (exact) mass is 244 g/mol. The molecule has 0 saturated carbocycles. The summed E-state index contributed by atoms with van der Waals surface area (Å²) < 4.78 is 5.09. The molecule has 17 heavy (non-hydrogen) atoms. The number of carbonyl (C=O) groups is 2. The maximum absolute atomic E-state index is 11.6. The van der Waals surface area contributed by atoms with Crippen LogP contribution in [0.15, 0.2) is 0 Å². The fraction of sp³-hybridized carbons (Fsp3) is 0.818. The SMILES string of the molecule is CC(C)(C)OC(=O)NN1CCC[C@]1(C)C(=O)O. The van der Waals surface area contributed by atoms with Gasteiger partial charge >= 0.3 is 12.1 Å². The number of hydrogen-bond donors (Lipinski definition) is 2. The van der Waals surface area contributed by atoms with E-state index in [1.807, 2.05) is 0 Å². The van der Waals surface area contributed by atoms with Gasteiger partial charge in [-0.2, -0.15) is 0 Å². The third-order valence-electron chi connectivity index (χ3n) is 2.73. The van der Waals surface area contributed by atoms with Gasteiger partial charge in [0.15, 0.2) is 0 Å². The molecule has 0 aliphatic carbocycles. The summed E-state index contributed by atoms with van der Waals surface area (Å²) >= 11 is 0. The highest BCUT2D eigenvalue weighted by atomic mass is 16.6. The van der Waals surface area contributed by atoms with Crippen molar-refractivity contribution in [3.05, 3.63) is 0 Å². The van der Waals surface area contributed by atoms with Gasteiger partial charge in [0.05, 0.1) is 0 Å². The van der Waals surface area contributed by atoms with Gasteiger partial charge in [-0.15, -0.1) is 0 Å². The van der Waals surface area contributed by atoms with E-state index in [0.717, 1.165) is 6.42 Å². The largest absolute Gasteiger partial charge is 0.480 e. The first kappa shape index (κ1) is 13.8. The van der Waals surface area contributed by atoms with Gasteiger partial charge in [0.25, 0.3) is 0 Å². The van der Waals surface area contributed by atoms with E-state index in [1.54, 1.807) is 27.7 Å². The van der Waals surface area contributed by atoms with E-state index in [0.29, 0.717) is 13.0 Å². The number of ether oxygens (including phenoxy) is 1. The molecule has 1 aliphatic rings. The summed E-state index contributed by atoms with van der Waals surface area (Å²) in [5, 5.41) is 10.6. The van der Waals surface area contributed by atoms with Crippen molar-refractivity contribution in [3.63, 3.8) is 0 Å². The van der Waals surface area contributed by atoms with Crippen LogP contribution in [0.2, 0.25) is 0 Å². The van der Waals surface area contributed by atoms with Crippen molar-refractivity contribution < 1.29 is 19.4 Å². The molecule has 1 fully saturated rings. The average molecular weight is 244 g/mol. The second-order valence-electron chi connectivity index (χ2n) is 5.45. The van der Waals surface area contributed by atoms with E-state index in [4.69, 9.17) is 9.84 Å². The van der Waals surface area contributed by atoms with E-state index in [-0.39, 0.29) is 0 Å². The Morgan fingerprint density at radius 2 is 2.00 bits per heavy atom. The summed E-state index contributed by atoms with van der Waals surface area (Å²) in [4.78, 5) is 22.7. The number of rotatable bonds is 2. The smallest absolute Gasteiger partial charge is 0.422 e. The molecule has 1 atom stereocenters. The molecule has 2 N–H and O–H groups in total. The van der Waals surface area contributed by atoms with Gasteiger partial charge in [0.2, 0.25) is 0 Å². The summed E-state index contributed by atoms with van der Waals surface area (Å²) in [7, 11) is 0. The van der Waals surface area contributed by atoms with Crippen molar-refractivity contribution in [2.75, 3.05) is 6.54 Å². The topological polar surface area (TPSA) is 78.9 Å². The van der Waals surface area contributed by atoms with Crippen LogP contribution in [0.3, 0.4) is 0 Å². The Kier molecular flexibility index (Phi) is 3.66. The minimum atomic E-state index is -1.04. The van der Waals surface area contributed by atoms with Gasteiger partial charge in [-0.25, -0.2) is 9.80 Å². The van der Waals surface area contributed by atoms with Gasteiger partial charge < -0.3 is 9.84 Å². The lowest BCUT2D eigenvalue weighted by Crippen LogP contribution is -2.56. The van der Waals surface area contributed by atoms with Crippen molar-refractivity contribution >= 4 is 12.1 Å². The summed E-state index contributed by atoms with van der Waals surface area (Å²) in [6.45, 7) is 7.38. The molecule has 0 bridgehead atoms. The highest BCUT2D eigenvalue weighted by molar-refractivity contribution is 5.79. The lowest BCUT2D eigenvalue weighted by Gasteiger charge is -2.31. The molecule has 98 valence electrons. The lowest BCUT2D eigenvalue weighted by atomic mass is 10.0. The van der Waals surface area contributed by atoms with Crippen LogP contribution < -0.4 is 5.43 Å². The Hall–Kier alpha value is -1.30. The quantitative estimate of drug-likeness (QED) is 0.767. The number of nitrogens with zero attached hydrogens (tertiary/aromatic N) is 1. The van der Waals surface area contributed by atoms with Crippen LogP contribution in [0, 0.1) is 0 Å². The second-order valence-corrected chi connectivity index (χ2v) is 5.45. The minimum absolute atomic E-state index is 0.512. The molecule has 1 saturated heterocycles.